The minimum atomic E-state index is -3.65. The third-order valence-corrected chi connectivity index (χ3v) is 6.34. The number of piperidine rings is 1. The van der Waals surface area contributed by atoms with Gasteiger partial charge in [-0.15, -0.1) is 0 Å². The van der Waals surface area contributed by atoms with Gasteiger partial charge in [0.15, 0.2) is 0 Å². The van der Waals surface area contributed by atoms with E-state index in [0.717, 1.165) is 25.7 Å². The van der Waals surface area contributed by atoms with Crippen LogP contribution in [0, 0.1) is 0 Å². The molecule has 2 rings (SSSR count). The number of nitrogens with zero attached hydrogens (tertiary/aromatic N) is 1. The zero-order valence-corrected chi connectivity index (χ0v) is 14.7. The Morgan fingerprint density at radius 1 is 1.23 bits per heavy atom. The highest BCUT2D eigenvalue weighted by Crippen LogP contribution is 2.38. The van der Waals surface area contributed by atoms with E-state index in [0.29, 0.717) is 17.3 Å². The van der Waals surface area contributed by atoms with E-state index in [2.05, 4.69) is 0 Å². The summed E-state index contributed by atoms with van der Waals surface area (Å²) in [5, 5.41) is 0.323. The average molecular weight is 348 g/mol. The Bertz CT molecular complexity index is 633. The van der Waals surface area contributed by atoms with Crippen LogP contribution in [0.2, 0.25) is 5.02 Å². The highest BCUT2D eigenvalue weighted by atomic mass is 35.5. The van der Waals surface area contributed by atoms with Crippen LogP contribution in [0.1, 0.15) is 32.6 Å². The number of rotatable bonds is 5. The van der Waals surface area contributed by atoms with Crippen LogP contribution in [0.3, 0.4) is 0 Å². The van der Waals surface area contributed by atoms with Crippen molar-refractivity contribution >= 4 is 21.6 Å². The first-order valence-electron chi connectivity index (χ1n) is 7.39. The van der Waals surface area contributed by atoms with Crippen LogP contribution in [0.25, 0.3) is 0 Å². The number of hydrogen-bond acceptors (Lipinski definition) is 4. The maximum absolute atomic E-state index is 13.1. The minimum Gasteiger partial charge on any atom is -0.495 e. The van der Waals surface area contributed by atoms with Gasteiger partial charge >= 0.3 is 0 Å². The maximum atomic E-state index is 13.1. The van der Waals surface area contributed by atoms with Crippen molar-refractivity contribution in [1.82, 2.24) is 4.31 Å². The molecule has 0 unspecified atom stereocenters. The average Bonchev–Trinajstić information content (AvgIpc) is 2.54. The van der Waals surface area contributed by atoms with Crippen molar-refractivity contribution in [2.75, 3.05) is 20.8 Å². The predicted octanol–water partition coefficient (Wildman–Crippen LogP) is 3.31. The van der Waals surface area contributed by atoms with E-state index in [9.17, 15) is 8.42 Å². The summed E-state index contributed by atoms with van der Waals surface area (Å²) in [6, 6.07) is 2.96. The molecule has 1 fully saturated rings. The summed E-state index contributed by atoms with van der Waals surface area (Å²) in [6.07, 6.45) is 3.63. The lowest BCUT2D eigenvalue weighted by Crippen LogP contribution is -2.43. The molecule has 0 aliphatic carbocycles. The van der Waals surface area contributed by atoms with Crippen LogP contribution in [0.4, 0.5) is 0 Å². The van der Waals surface area contributed by atoms with E-state index in [1.807, 2.05) is 6.92 Å². The lowest BCUT2D eigenvalue weighted by molar-refractivity contribution is 0.245. The molecule has 0 spiro atoms. The highest BCUT2D eigenvalue weighted by molar-refractivity contribution is 7.89. The molecule has 1 aliphatic heterocycles. The van der Waals surface area contributed by atoms with Crippen molar-refractivity contribution in [2.24, 2.45) is 0 Å². The Balaban J connectivity index is 2.52. The van der Waals surface area contributed by atoms with Crippen LogP contribution in [0.15, 0.2) is 17.0 Å². The van der Waals surface area contributed by atoms with Crippen molar-refractivity contribution in [3.8, 4) is 11.5 Å². The van der Waals surface area contributed by atoms with Gasteiger partial charge in [-0.3, -0.25) is 0 Å². The van der Waals surface area contributed by atoms with E-state index in [1.165, 1.54) is 26.4 Å². The van der Waals surface area contributed by atoms with E-state index in [1.54, 1.807) is 4.31 Å². The van der Waals surface area contributed by atoms with Crippen molar-refractivity contribution in [3.63, 3.8) is 0 Å². The lowest BCUT2D eigenvalue weighted by Gasteiger charge is -2.34. The van der Waals surface area contributed by atoms with E-state index < -0.39 is 10.0 Å². The van der Waals surface area contributed by atoms with Crippen molar-refractivity contribution in [3.05, 3.63) is 17.2 Å². The topological polar surface area (TPSA) is 55.8 Å². The van der Waals surface area contributed by atoms with Crippen LogP contribution in [-0.4, -0.2) is 39.5 Å². The summed E-state index contributed by atoms with van der Waals surface area (Å²) < 4.78 is 38.1. The molecular formula is C15H22ClNO4S. The summed E-state index contributed by atoms with van der Waals surface area (Å²) in [5.74, 6) is 0.567. The van der Waals surface area contributed by atoms with Gasteiger partial charge in [0, 0.05) is 24.7 Å². The first-order chi connectivity index (χ1) is 10.5. The summed E-state index contributed by atoms with van der Waals surface area (Å²) in [5.41, 5.74) is 0. The molecule has 1 aromatic carbocycles. The van der Waals surface area contributed by atoms with E-state index >= 15 is 0 Å². The van der Waals surface area contributed by atoms with Gasteiger partial charge in [-0.2, -0.15) is 4.31 Å². The molecule has 5 nitrogen and oxygen atoms in total. The monoisotopic (exact) mass is 347 g/mol. The molecule has 1 saturated heterocycles. The Labute approximate surface area is 137 Å². The fraction of sp³-hybridized carbons (Fsp3) is 0.600. The van der Waals surface area contributed by atoms with Crippen LogP contribution in [0.5, 0.6) is 11.5 Å². The second-order valence-electron chi connectivity index (χ2n) is 5.31. The first-order valence-corrected chi connectivity index (χ1v) is 9.20. The minimum absolute atomic E-state index is 0.0325. The molecule has 124 valence electrons. The van der Waals surface area contributed by atoms with E-state index in [-0.39, 0.29) is 16.7 Å². The Hall–Kier alpha value is -0.980. The molecule has 1 aromatic rings. The molecule has 7 heteroatoms. The van der Waals surface area contributed by atoms with Gasteiger partial charge in [-0.25, -0.2) is 8.42 Å². The summed E-state index contributed by atoms with van der Waals surface area (Å²) >= 11 is 6.06. The van der Waals surface area contributed by atoms with Crippen molar-refractivity contribution in [1.29, 1.82) is 0 Å². The summed E-state index contributed by atoms with van der Waals surface area (Å²) in [4.78, 5) is 0.108. The highest BCUT2D eigenvalue weighted by Gasteiger charge is 2.35. The summed E-state index contributed by atoms with van der Waals surface area (Å²) in [7, 11) is -0.752. The maximum Gasteiger partial charge on any atom is 0.247 e. The smallest absolute Gasteiger partial charge is 0.247 e. The second-order valence-corrected chi connectivity index (χ2v) is 7.58. The Morgan fingerprint density at radius 2 is 1.91 bits per heavy atom. The number of benzene rings is 1. The van der Waals surface area contributed by atoms with Gasteiger partial charge in [0.05, 0.1) is 19.2 Å². The molecule has 0 aromatic heterocycles. The fourth-order valence-electron chi connectivity index (χ4n) is 2.86. The molecule has 1 aliphatic rings. The zero-order valence-electron chi connectivity index (χ0n) is 13.1. The second kappa shape index (κ2) is 7.06. The standard InChI is InChI=1S/C15H22ClNO4S/c1-4-11-7-5-6-8-17(11)22(18,19)15-10-13(20-2)12(16)9-14(15)21-3/h9-11H,4-8H2,1-3H3/t11-/m1/s1. The largest absolute Gasteiger partial charge is 0.495 e. The zero-order chi connectivity index (χ0) is 16.3. The third kappa shape index (κ3) is 3.19. The number of methoxy groups -OCH3 is 2. The normalized spacial score (nSPS) is 19.9. The van der Waals surface area contributed by atoms with Gasteiger partial charge in [0.1, 0.15) is 16.4 Å². The molecular weight excluding hydrogens is 326 g/mol. The van der Waals surface area contributed by atoms with Gasteiger partial charge in [-0.05, 0) is 19.3 Å². The molecule has 0 N–H and O–H groups in total. The predicted molar refractivity (Wildman–Crippen MR) is 86.4 cm³/mol. The molecule has 0 saturated carbocycles. The molecule has 0 amide bonds. The van der Waals surface area contributed by atoms with Gasteiger partial charge in [-0.1, -0.05) is 24.9 Å². The molecule has 22 heavy (non-hydrogen) atoms. The van der Waals surface area contributed by atoms with Gasteiger partial charge in [0.25, 0.3) is 0 Å². The number of ether oxygens (including phenoxy) is 2. The number of sulfonamides is 1. The summed E-state index contributed by atoms with van der Waals surface area (Å²) in [6.45, 7) is 2.55. The SMILES string of the molecule is CC[C@@H]1CCCCN1S(=O)(=O)c1cc(OC)c(Cl)cc1OC. The lowest BCUT2D eigenvalue weighted by atomic mass is 10.0. The first kappa shape index (κ1) is 17.4. The molecule has 1 heterocycles. The van der Waals surface area contributed by atoms with Gasteiger partial charge < -0.3 is 9.47 Å². The quantitative estimate of drug-likeness (QED) is 0.820. The van der Waals surface area contributed by atoms with Crippen molar-refractivity contribution in [2.45, 2.75) is 43.5 Å². The molecule has 0 radical (unpaired) electrons. The van der Waals surface area contributed by atoms with Crippen LogP contribution < -0.4 is 9.47 Å². The Kier molecular flexibility index (Phi) is 5.58. The Morgan fingerprint density at radius 3 is 2.50 bits per heavy atom. The fourth-order valence-corrected chi connectivity index (χ4v) is 5.01. The number of halogens is 1. The van der Waals surface area contributed by atoms with Crippen molar-refractivity contribution < 1.29 is 17.9 Å². The number of hydrogen-bond donors (Lipinski definition) is 0. The van der Waals surface area contributed by atoms with Gasteiger partial charge in [0.2, 0.25) is 10.0 Å². The molecule has 0 bridgehead atoms. The van der Waals surface area contributed by atoms with Crippen LogP contribution in [-0.2, 0) is 10.0 Å². The van der Waals surface area contributed by atoms with Crippen LogP contribution >= 0.6 is 11.6 Å². The van der Waals surface area contributed by atoms with E-state index in [4.69, 9.17) is 21.1 Å². The molecule has 1 atom stereocenters. The third-order valence-electron chi connectivity index (χ3n) is 4.07.